The molecule has 2 unspecified atom stereocenters. The number of piperazine rings is 1. The van der Waals surface area contributed by atoms with Crippen LogP contribution in [0.1, 0.15) is 20.3 Å². The molecule has 100 valence electrons. The molecule has 0 aromatic heterocycles. The molecule has 1 fully saturated rings. The van der Waals surface area contributed by atoms with E-state index in [0.717, 1.165) is 25.6 Å². The predicted molar refractivity (Wildman–Crippen MR) is 72.9 cm³/mol. The molecule has 1 aromatic carbocycles. The van der Waals surface area contributed by atoms with Crippen LogP contribution in [0.3, 0.4) is 0 Å². The van der Waals surface area contributed by atoms with Gasteiger partial charge in [0.1, 0.15) is 5.82 Å². The Hall–Kier alpha value is -0.680. The second-order valence-electron chi connectivity index (χ2n) is 4.73. The highest BCUT2D eigenvalue weighted by molar-refractivity contribution is 9.10. The molecular weight excluding hydrogens is 302 g/mol. The SMILES string of the molecule is CCC1CN(c2c(F)cc(F)cc2Br)C(C)CN1. The lowest BCUT2D eigenvalue weighted by Gasteiger charge is -2.40. The van der Waals surface area contributed by atoms with Crippen LogP contribution in [0.2, 0.25) is 0 Å². The van der Waals surface area contributed by atoms with Crippen molar-refractivity contribution in [2.24, 2.45) is 0 Å². The van der Waals surface area contributed by atoms with Crippen LogP contribution in [-0.4, -0.2) is 25.2 Å². The van der Waals surface area contributed by atoms with E-state index < -0.39 is 11.6 Å². The molecule has 0 amide bonds. The Balaban J connectivity index is 2.34. The van der Waals surface area contributed by atoms with Crippen LogP contribution in [0.15, 0.2) is 16.6 Å². The van der Waals surface area contributed by atoms with Crippen molar-refractivity contribution in [1.82, 2.24) is 5.32 Å². The van der Waals surface area contributed by atoms with Crippen molar-refractivity contribution in [2.45, 2.75) is 32.4 Å². The Labute approximate surface area is 114 Å². The van der Waals surface area contributed by atoms with Gasteiger partial charge in [-0.15, -0.1) is 0 Å². The first-order chi connectivity index (χ1) is 8.52. The van der Waals surface area contributed by atoms with Crippen LogP contribution in [-0.2, 0) is 0 Å². The van der Waals surface area contributed by atoms with Gasteiger partial charge in [-0.25, -0.2) is 8.78 Å². The van der Waals surface area contributed by atoms with Crippen molar-refractivity contribution in [2.75, 3.05) is 18.0 Å². The van der Waals surface area contributed by atoms with E-state index in [1.165, 1.54) is 6.07 Å². The van der Waals surface area contributed by atoms with E-state index in [1.54, 1.807) is 0 Å². The normalized spacial score (nSPS) is 24.4. The van der Waals surface area contributed by atoms with Gasteiger partial charge in [-0.05, 0) is 35.3 Å². The molecule has 0 spiro atoms. The number of rotatable bonds is 2. The number of hydrogen-bond donors (Lipinski definition) is 1. The molecule has 2 nitrogen and oxygen atoms in total. The van der Waals surface area contributed by atoms with Gasteiger partial charge in [-0.3, -0.25) is 0 Å². The molecule has 0 radical (unpaired) electrons. The molecule has 1 heterocycles. The van der Waals surface area contributed by atoms with Crippen LogP contribution in [0.4, 0.5) is 14.5 Å². The van der Waals surface area contributed by atoms with Crippen molar-refractivity contribution >= 4 is 21.6 Å². The molecule has 0 saturated carbocycles. The van der Waals surface area contributed by atoms with Gasteiger partial charge in [0.25, 0.3) is 0 Å². The highest BCUT2D eigenvalue weighted by Crippen LogP contribution is 2.32. The molecule has 1 aromatic rings. The second-order valence-corrected chi connectivity index (χ2v) is 5.59. The van der Waals surface area contributed by atoms with E-state index in [-0.39, 0.29) is 6.04 Å². The molecular formula is C13H17BrF2N2. The average molecular weight is 319 g/mol. The molecule has 0 aliphatic carbocycles. The summed E-state index contributed by atoms with van der Waals surface area (Å²) in [7, 11) is 0. The maximum Gasteiger partial charge on any atom is 0.150 e. The molecule has 1 aliphatic rings. The summed E-state index contributed by atoms with van der Waals surface area (Å²) in [6.45, 7) is 5.68. The van der Waals surface area contributed by atoms with Crippen LogP contribution in [0, 0.1) is 11.6 Å². The summed E-state index contributed by atoms with van der Waals surface area (Å²) in [5.74, 6) is -1.07. The predicted octanol–water partition coefficient (Wildman–Crippen LogP) is 3.30. The highest BCUT2D eigenvalue weighted by Gasteiger charge is 2.27. The number of halogens is 3. The minimum Gasteiger partial charge on any atom is -0.363 e. The van der Waals surface area contributed by atoms with E-state index in [9.17, 15) is 8.78 Å². The first-order valence-corrected chi connectivity index (χ1v) is 6.96. The van der Waals surface area contributed by atoms with E-state index in [1.807, 2.05) is 11.8 Å². The fourth-order valence-electron chi connectivity index (χ4n) is 2.32. The molecule has 2 rings (SSSR count). The minimum absolute atomic E-state index is 0.184. The Morgan fingerprint density at radius 2 is 2.17 bits per heavy atom. The lowest BCUT2D eigenvalue weighted by molar-refractivity contribution is 0.393. The van der Waals surface area contributed by atoms with Gasteiger partial charge in [0.05, 0.1) is 5.69 Å². The van der Waals surface area contributed by atoms with E-state index >= 15 is 0 Å². The van der Waals surface area contributed by atoms with E-state index in [0.29, 0.717) is 16.2 Å². The van der Waals surface area contributed by atoms with Crippen molar-refractivity contribution in [1.29, 1.82) is 0 Å². The van der Waals surface area contributed by atoms with Gasteiger partial charge in [0.15, 0.2) is 5.82 Å². The highest BCUT2D eigenvalue weighted by atomic mass is 79.9. The quantitative estimate of drug-likeness (QED) is 0.900. The Morgan fingerprint density at radius 3 is 2.78 bits per heavy atom. The lowest BCUT2D eigenvalue weighted by atomic mass is 10.1. The van der Waals surface area contributed by atoms with E-state index in [4.69, 9.17) is 0 Å². The first kappa shape index (κ1) is 13.7. The maximum absolute atomic E-state index is 14.0. The first-order valence-electron chi connectivity index (χ1n) is 6.17. The topological polar surface area (TPSA) is 15.3 Å². The summed E-state index contributed by atoms with van der Waals surface area (Å²) in [6.07, 6.45) is 0.990. The Bertz CT molecular complexity index is 416. The summed E-state index contributed by atoms with van der Waals surface area (Å²) in [5.41, 5.74) is 0.462. The van der Waals surface area contributed by atoms with Crippen LogP contribution in [0.25, 0.3) is 0 Å². The third-order valence-electron chi connectivity index (χ3n) is 3.41. The molecule has 1 aliphatic heterocycles. The van der Waals surface area contributed by atoms with Gasteiger partial charge in [0.2, 0.25) is 0 Å². The zero-order chi connectivity index (χ0) is 13.3. The third-order valence-corrected chi connectivity index (χ3v) is 4.02. The van der Waals surface area contributed by atoms with Crippen molar-refractivity contribution in [3.05, 3.63) is 28.2 Å². The molecule has 18 heavy (non-hydrogen) atoms. The molecule has 0 bridgehead atoms. The van der Waals surface area contributed by atoms with Crippen molar-refractivity contribution in [3.8, 4) is 0 Å². The van der Waals surface area contributed by atoms with Crippen molar-refractivity contribution in [3.63, 3.8) is 0 Å². The molecule has 1 N–H and O–H groups in total. The second kappa shape index (κ2) is 5.53. The van der Waals surface area contributed by atoms with E-state index in [2.05, 4.69) is 28.2 Å². The number of hydrogen-bond acceptors (Lipinski definition) is 2. The largest absolute Gasteiger partial charge is 0.363 e. The summed E-state index contributed by atoms with van der Waals surface area (Å²) < 4.78 is 27.6. The summed E-state index contributed by atoms with van der Waals surface area (Å²) in [5, 5.41) is 3.42. The minimum atomic E-state index is -0.557. The fourth-order valence-corrected chi connectivity index (χ4v) is 2.96. The van der Waals surface area contributed by atoms with Crippen LogP contribution in [0.5, 0.6) is 0 Å². The van der Waals surface area contributed by atoms with Crippen LogP contribution < -0.4 is 10.2 Å². The fraction of sp³-hybridized carbons (Fsp3) is 0.538. The maximum atomic E-state index is 14.0. The zero-order valence-corrected chi connectivity index (χ0v) is 12.1. The van der Waals surface area contributed by atoms with Gasteiger partial charge in [-0.2, -0.15) is 0 Å². The van der Waals surface area contributed by atoms with Gasteiger partial charge < -0.3 is 10.2 Å². The lowest BCUT2D eigenvalue weighted by Crippen LogP contribution is -2.55. The molecule has 2 atom stereocenters. The number of benzene rings is 1. The monoisotopic (exact) mass is 318 g/mol. The van der Waals surface area contributed by atoms with Gasteiger partial charge in [-0.1, -0.05) is 6.92 Å². The average Bonchev–Trinajstić information content (AvgIpc) is 2.30. The van der Waals surface area contributed by atoms with Crippen LogP contribution >= 0.6 is 15.9 Å². The molecule has 1 saturated heterocycles. The van der Waals surface area contributed by atoms with Gasteiger partial charge in [0, 0.05) is 35.7 Å². The molecule has 5 heteroatoms. The smallest absolute Gasteiger partial charge is 0.150 e. The summed E-state index contributed by atoms with van der Waals surface area (Å²) >= 11 is 3.26. The number of nitrogens with zero attached hydrogens (tertiary/aromatic N) is 1. The van der Waals surface area contributed by atoms with Gasteiger partial charge >= 0.3 is 0 Å². The third kappa shape index (κ3) is 2.67. The Kier molecular flexibility index (Phi) is 4.22. The zero-order valence-electron chi connectivity index (χ0n) is 10.5. The number of nitrogens with one attached hydrogen (secondary N) is 1. The Morgan fingerprint density at radius 1 is 1.44 bits per heavy atom. The summed E-state index contributed by atoms with van der Waals surface area (Å²) in [4.78, 5) is 2.00. The summed E-state index contributed by atoms with van der Waals surface area (Å²) in [6, 6.07) is 2.78. The standard InChI is InChI=1S/C13H17BrF2N2/c1-3-10-7-18(8(2)6-17-10)13-11(14)4-9(15)5-12(13)16/h4-5,8,10,17H,3,6-7H2,1-2H3. The van der Waals surface area contributed by atoms with Crippen molar-refractivity contribution < 1.29 is 8.78 Å². The number of anilines is 1.